The molecule has 0 radical (unpaired) electrons. The van der Waals surface area contributed by atoms with Gasteiger partial charge in [0.2, 0.25) is 0 Å². The molecular weight excluding hydrogens is 376 g/mol. The molecule has 3 aromatic heterocycles. The Morgan fingerprint density at radius 2 is 1.62 bits per heavy atom. The molecule has 0 aliphatic rings. The quantitative estimate of drug-likeness (QED) is 0.343. The van der Waals surface area contributed by atoms with Gasteiger partial charge in [0.1, 0.15) is 5.82 Å². The molecule has 3 heterocycles. The van der Waals surface area contributed by atoms with Crippen molar-refractivity contribution >= 4 is 28.5 Å². The fourth-order valence-electron chi connectivity index (χ4n) is 3.31. The largest absolute Gasteiger partial charge is 0.295 e. The predicted molar refractivity (Wildman–Crippen MR) is 119 cm³/mol. The topological polar surface area (TPSA) is 34.0 Å². The fraction of sp³-hybridized carbons (Fsp3) is 0. The second kappa shape index (κ2) is 7.73. The number of pyridine rings is 1. The Bertz CT molecular complexity index is 1120. The lowest BCUT2D eigenvalue weighted by atomic mass is 10.1. The third-order valence-corrected chi connectivity index (χ3v) is 5.34. The summed E-state index contributed by atoms with van der Waals surface area (Å²) in [6, 6.07) is 28.9. The molecule has 0 spiro atoms. The third kappa shape index (κ3) is 3.56. The maximum Gasteiger partial charge on any atom is 0.155 e. The van der Waals surface area contributed by atoms with Crippen molar-refractivity contribution < 1.29 is 0 Å². The number of nitrogens with zero attached hydrogens (tertiary/aromatic N) is 4. The second-order valence-corrected chi connectivity index (χ2v) is 7.32. The number of rotatable bonds is 5. The van der Waals surface area contributed by atoms with Crippen molar-refractivity contribution in [1.29, 1.82) is 0 Å². The van der Waals surface area contributed by atoms with Crippen LogP contribution in [0, 0.1) is 0 Å². The Kier molecular flexibility index (Phi) is 4.64. The summed E-state index contributed by atoms with van der Waals surface area (Å²) in [5.41, 5.74) is 4.53. The summed E-state index contributed by atoms with van der Waals surface area (Å²) < 4.78 is 1.77. The number of aromatic nitrogens is 3. The van der Waals surface area contributed by atoms with Gasteiger partial charge in [-0.3, -0.25) is 4.90 Å². The zero-order chi connectivity index (χ0) is 19.5. The maximum absolute atomic E-state index is 4.89. The van der Waals surface area contributed by atoms with Gasteiger partial charge >= 0.3 is 0 Å². The van der Waals surface area contributed by atoms with Gasteiger partial charge in [0.05, 0.1) is 0 Å². The minimum Gasteiger partial charge on any atom is -0.295 e. The van der Waals surface area contributed by atoms with Gasteiger partial charge in [-0.25, -0.2) is 9.67 Å². The summed E-state index contributed by atoms with van der Waals surface area (Å²) >= 11 is 1.71. The number of anilines is 3. The summed E-state index contributed by atoms with van der Waals surface area (Å²) in [5, 5.41) is 8.59. The summed E-state index contributed by atoms with van der Waals surface area (Å²) in [4.78, 5) is 7.06. The van der Waals surface area contributed by atoms with Gasteiger partial charge < -0.3 is 0 Å². The van der Waals surface area contributed by atoms with E-state index in [9.17, 15) is 0 Å². The molecule has 140 valence electrons. The Balaban J connectivity index is 1.64. The van der Waals surface area contributed by atoms with Crippen LogP contribution in [0.1, 0.15) is 0 Å². The van der Waals surface area contributed by atoms with Gasteiger partial charge in [-0.15, -0.1) is 0 Å². The molecule has 2 aromatic carbocycles. The van der Waals surface area contributed by atoms with Crippen LogP contribution in [0.3, 0.4) is 0 Å². The minimum atomic E-state index is 0.780. The smallest absolute Gasteiger partial charge is 0.155 e. The summed E-state index contributed by atoms with van der Waals surface area (Å²) in [6.45, 7) is 0. The van der Waals surface area contributed by atoms with Crippen LogP contribution >= 0.6 is 11.3 Å². The SMILES string of the molecule is c1ccc(N(c2cccc(-c3ccsc3)c2)c2cccc(-n3cccn3)n2)cc1. The van der Waals surface area contributed by atoms with Crippen LogP contribution in [-0.4, -0.2) is 14.8 Å². The number of para-hydroxylation sites is 1. The highest BCUT2D eigenvalue weighted by molar-refractivity contribution is 7.08. The predicted octanol–water partition coefficient (Wildman–Crippen LogP) is 6.47. The summed E-state index contributed by atoms with van der Waals surface area (Å²) in [6.07, 6.45) is 3.66. The fourth-order valence-corrected chi connectivity index (χ4v) is 3.98. The zero-order valence-corrected chi connectivity index (χ0v) is 16.4. The lowest BCUT2D eigenvalue weighted by Crippen LogP contribution is -2.12. The highest BCUT2D eigenvalue weighted by Crippen LogP contribution is 2.35. The van der Waals surface area contributed by atoms with Gasteiger partial charge in [-0.05, 0) is 70.4 Å². The monoisotopic (exact) mass is 394 g/mol. The van der Waals surface area contributed by atoms with E-state index in [2.05, 4.69) is 63.2 Å². The molecule has 0 aliphatic heterocycles. The van der Waals surface area contributed by atoms with E-state index >= 15 is 0 Å². The van der Waals surface area contributed by atoms with E-state index in [1.807, 2.05) is 48.7 Å². The molecule has 0 amide bonds. The van der Waals surface area contributed by atoms with E-state index < -0.39 is 0 Å². The standard InChI is InChI=1S/C24H18N4S/c1-2-8-21(9-3-1)28(22-10-4-7-19(17-22)20-13-16-29-18-20)24-12-5-11-23(26-24)27-15-6-14-25-27/h1-18H. The van der Waals surface area contributed by atoms with Crippen molar-refractivity contribution in [1.82, 2.24) is 14.8 Å². The minimum absolute atomic E-state index is 0.780. The van der Waals surface area contributed by atoms with E-state index in [1.165, 1.54) is 11.1 Å². The molecule has 29 heavy (non-hydrogen) atoms. The first-order valence-electron chi connectivity index (χ1n) is 9.33. The lowest BCUT2D eigenvalue weighted by molar-refractivity contribution is 0.846. The molecule has 0 bridgehead atoms. The summed E-state index contributed by atoms with van der Waals surface area (Å²) in [5.74, 6) is 1.62. The van der Waals surface area contributed by atoms with Crippen LogP contribution in [0.4, 0.5) is 17.2 Å². The zero-order valence-electron chi connectivity index (χ0n) is 15.6. The molecule has 0 saturated carbocycles. The van der Waals surface area contributed by atoms with Gasteiger partial charge in [0.25, 0.3) is 0 Å². The first-order chi connectivity index (χ1) is 14.4. The van der Waals surface area contributed by atoms with Gasteiger partial charge in [-0.1, -0.05) is 36.4 Å². The van der Waals surface area contributed by atoms with Crippen LogP contribution in [0.2, 0.25) is 0 Å². The van der Waals surface area contributed by atoms with Gasteiger partial charge in [-0.2, -0.15) is 16.4 Å². The Labute approximate surface area is 173 Å². The molecule has 0 atom stereocenters. The van der Waals surface area contributed by atoms with Crippen molar-refractivity contribution in [3.8, 4) is 16.9 Å². The van der Waals surface area contributed by atoms with Crippen molar-refractivity contribution in [3.05, 3.63) is 108 Å². The number of hydrogen-bond donors (Lipinski definition) is 0. The van der Waals surface area contributed by atoms with E-state index in [-0.39, 0.29) is 0 Å². The summed E-state index contributed by atoms with van der Waals surface area (Å²) in [7, 11) is 0. The second-order valence-electron chi connectivity index (χ2n) is 6.54. The molecule has 0 saturated heterocycles. The van der Waals surface area contributed by atoms with Crippen molar-refractivity contribution in [3.63, 3.8) is 0 Å². The van der Waals surface area contributed by atoms with Crippen LogP contribution < -0.4 is 4.90 Å². The maximum atomic E-state index is 4.89. The Morgan fingerprint density at radius 1 is 0.759 bits per heavy atom. The van der Waals surface area contributed by atoms with Crippen molar-refractivity contribution in [2.75, 3.05) is 4.90 Å². The number of benzene rings is 2. The first-order valence-corrected chi connectivity index (χ1v) is 10.3. The van der Waals surface area contributed by atoms with Crippen LogP contribution in [0.15, 0.2) is 108 Å². The van der Waals surface area contributed by atoms with Crippen molar-refractivity contribution in [2.24, 2.45) is 0 Å². The van der Waals surface area contributed by atoms with E-state index in [1.54, 1.807) is 22.2 Å². The van der Waals surface area contributed by atoms with Crippen LogP contribution in [0.5, 0.6) is 0 Å². The van der Waals surface area contributed by atoms with E-state index in [4.69, 9.17) is 4.98 Å². The average Bonchev–Trinajstić information content (AvgIpc) is 3.50. The first kappa shape index (κ1) is 17.4. The molecular formula is C24H18N4S. The molecule has 0 unspecified atom stereocenters. The van der Waals surface area contributed by atoms with Crippen LogP contribution in [0.25, 0.3) is 16.9 Å². The molecule has 4 nitrogen and oxygen atoms in total. The van der Waals surface area contributed by atoms with E-state index in [0.29, 0.717) is 0 Å². The van der Waals surface area contributed by atoms with Crippen LogP contribution in [-0.2, 0) is 0 Å². The number of hydrogen-bond acceptors (Lipinski definition) is 4. The molecule has 5 heteroatoms. The number of thiophene rings is 1. The van der Waals surface area contributed by atoms with Crippen molar-refractivity contribution in [2.45, 2.75) is 0 Å². The molecule has 0 fully saturated rings. The Hall–Kier alpha value is -3.70. The average molecular weight is 395 g/mol. The van der Waals surface area contributed by atoms with E-state index in [0.717, 1.165) is 23.0 Å². The highest BCUT2D eigenvalue weighted by atomic mass is 32.1. The van der Waals surface area contributed by atoms with Gasteiger partial charge in [0.15, 0.2) is 5.82 Å². The normalized spacial score (nSPS) is 10.8. The molecule has 5 aromatic rings. The molecule has 0 N–H and O–H groups in total. The molecule has 0 aliphatic carbocycles. The van der Waals surface area contributed by atoms with Gasteiger partial charge in [0, 0.05) is 23.8 Å². The third-order valence-electron chi connectivity index (χ3n) is 4.66. The Morgan fingerprint density at radius 3 is 2.41 bits per heavy atom. The molecule has 5 rings (SSSR count). The highest BCUT2D eigenvalue weighted by Gasteiger charge is 2.15. The lowest BCUT2D eigenvalue weighted by Gasteiger charge is -2.25.